The van der Waals surface area contributed by atoms with E-state index in [-0.39, 0.29) is 17.3 Å². The van der Waals surface area contributed by atoms with Crippen LogP contribution in [0, 0.1) is 0 Å². The molecule has 1 aliphatic heterocycles. The lowest BCUT2D eigenvalue weighted by atomic mass is 10.0. The summed E-state index contributed by atoms with van der Waals surface area (Å²) >= 11 is 0. The van der Waals surface area contributed by atoms with Gasteiger partial charge in [0.15, 0.2) is 0 Å². The maximum absolute atomic E-state index is 11.7. The topological polar surface area (TPSA) is 35.5 Å². The van der Waals surface area contributed by atoms with Gasteiger partial charge in [-0.25, -0.2) is 4.79 Å². The van der Waals surface area contributed by atoms with Crippen LogP contribution < -0.4 is 0 Å². The molecule has 1 rings (SSSR count). The third-order valence-electron chi connectivity index (χ3n) is 3.61. The highest BCUT2D eigenvalue weighted by Crippen LogP contribution is 2.36. The van der Waals surface area contributed by atoms with Crippen molar-refractivity contribution in [3.05, 3.63) is 12.2 Å². The molecule has 0 spiro atoms. The zero-order valence-electron chi connectivity index (χ0n) is 12.3. The third-order valence-corrected chi connectivity index (χ3v) is 7.86. The molecule has 4 heteroatoms. The first kappa shape index (κ1) is 15.4. The molecule has 0 aromatic carbocycles. The van der Waals surface area contributed by atoms with Gasteiger partial charge in [-0.05, 0) is 46.2 Å². The van der Waals surface area contributed by atoms with Crippen LogP contribution in [0.5, 0.6) is 0 Å². The predicted molar refractivity (Wildman–Crippen MR) is 75.8 cm³/mol. The Kier molecular flexibility index (Phi) is 4.78. The van der Waals surface area contributed by atoms with Crippen molar-refractivity contribution in [2.45, 2.75) is 70.9 Å². The van der Waals surface area contributed by atoms with Gasteiger partial charge in [0.1, 0.15) is 5.73 Å². The second kappa shape index (κ2) is 5.57. The Morgan fingerprint density at radius 3 is 2.61 bits per heavy atom. The number of hydrogen-bond acceptors (Lipinski definition) is 3. The molecule has 0 N–H and O–H groups in total. The molecule has 0 bridgehead atoms. The number of carbonyl (C=O) groups excluding carboxylic acids is 1. The number of carbonyl (C=O) groups is 1. The Balaban J connectivity index is 2.80. The predicted octanol–water partition coefficient (Wildman–Crippen LogP) is 3.59. The minimum Gasteiger partial charge on any atom is -0.460 e. The molecule has 1 saturated heterocycles. The highest BCUT2D eigenvalue weighted by atomic mass is 28.4. The standard InChI is InChI=1S/C14H26O3Si/c1-7-12(16-13(15)11(2)3)18(6)10-8-9-14(4,5)17-18/h12H,2,7-10H2,1,3-6H3. The molecule has 18 heavy (non-hydrogen) atoms. The average molecular weight is 270 g/mol. The van der Waals surface area contributed by atoms with Crippen molar-refractivity contribution in [1.29, 1.82) is 0 Å². The highest BCUT2D eigenvalue weighted by Gasteiger charge is 2.46. The van der Waals surface area contributed by atoms with Gasteiger partial charge in [-0.1, -0.05) is 19.9 Å². The monoisotopic (exact) mass is 270 g/mol. The summed E-state index contributed by atoms with van der Waals surface area (Å²) in [6.07, 6.45) is 3.06. The van der Waals surface area contributed by atoms with Crippen LogP contribution in [0.2, 0.25) is 12.6 Å². The first-order valence-corrected chi connectivity index (χ1v) is 9.46. The molecule has 1 fully saturated rings. The van der Waals surface area contributed by atoms with Gasteiger partial charge in [0.25, 0.3) is 0 Å². The third kappa shape index (κ3) is 3.69. The van der Waals surface area contributed by atoms with E-state index in [4.69, 9.17) is 9.16 Å². The van der Waals surface area contributed by atoms with E-state index in [1.807, 2.05) is 0 Å². The van der Waals surface area contributed by atoms with E-state index in [0.29, 0.717) is 5.57 Å². The second-order valence-electron chi connectivity index (χ2n) is 6.11. The summed E-state index contributed by atoms with van der Waals surface area (Å²) in [4.78, 5) is 11.7. The van der Waals surface area contributed by atoms with Crippen LogP contribution in [-0.4, -0.2) is 25.6 Å². The Labute approximate surface area is 112 Å². The van der Waals surface area contributed by atoms with Gasteiger partial charge in [0, 0.05) is 5.57 Å². The molecule has 0 aliphatic carbocycles. The Morgan fingerprint density at radius 2 is 2.17 bits per heavy atom. The van der Waals surface area contributed by atoms with E-state index >= 15 is 0 Å². The van der Waals surface area contributed by atoms with Crippen LogP contribution in [0.15, 0.2) is 12.2 Å². The lowest BCUT2D eigenvalue weighted by Gasteiger charge is -2.45. The van der Waals surface area contributed by atoms with Gasteiger partial charge >= 0.3 is 5.97 Å². The van der Waals surface area contributed by atoms with E-state index in [0.717, 1.165) is 25.3 Å². The SMILES string of the molecule is C=C(C)C(=O)OC(CC)[Si]1(C)CCCC(C)(C)O1. The summed E-state index contributed by atoms with van der Waals surface area (Å²) < 4.78 is 11.9. The zero-order valence-corrected chi connectivity index (χ0v) is 13.3. The summed E-state index contributed by atoms with van der Waals surface area (Å²) in [6.45, 7) is 13.8. The first-order chi connectivity index (χ1) is 8.20. The smallest absolute Gasteiger partial charge is 0.333 e. The van der Waals surface area contributed by atoms with Crippen molar-refractivity contribution < 1.29 is 14.0 Å². The van der Waals surface area contributed by atoms with Crippen LogP contribution in [0.25, 0.3) is 0 Å². The number of rotatable bonds is 4. The van der Waals surface area contributed by atoms with Crippen molar-refractivity contribution in [2.24, 2.45) is 0 Å². The highest BCUT2D eigenvalue weighted by molar-refractivity contribution is 6.74. The minimum atomic E-state index is -1.99. The molecular weight excluding hydrogens is 244 g/mol. The molecule has 0 radical (unpaired) electrons. The normalized spacial score (nSPS) is 28.5. The lowest BCUT2D eigenvalue weighted by molar-refractivity contribution is -0.142. The van der Waals surface area contributed by atoms with E-state index in [1.54, 1.807) is 6.92 Å². The first-order valence-electron chi connectivity index (χ1n) is 6.77. The summed E-state index contributed by atoms with van der Waals surface area (Å²) in [5.74, 6) is -0.289. The maximum Gasteiger partial charge on any atom is 0.333 e. The molecule has 0 saturated carbocycles. The number of esters is 1. The van der Waals surface area contributed by atoms with E-state index in [9.17, 15) is 4.79 Å². The van der Waals surface area contributed by atoms with Crippen molar-refractivity contribution in [2.75, 3.05) is 0 Å². The summed E-state index contributed by atoms with van der Waals surface area (Å²) in [5, 5.41) is 0. The number of ether oxygens (including phenoxy) is 1. The fraction of sp³-hybridized carbons (Fsp3) is 0.786. The molecule has 1 heterocycles. The molecule has 104 valence electrons. The molecule has 2 atom stereocenters. The van der Waals surface area contributed by atoms with Gasteiger partial charge < -0.3 is 9.16 Å². The second-order valence-corrected chi connectivity index (χ2v) is 10.1. The van der Waals surface area contributed by atoms with Crippen LogP contribution in [-0.2, 0) is 14.0 Å². The van der Waals surface area contributed by atoms with Crippen LogP contribution in [0.4, 0.5) is 0 Å². The van der Waals surface area contributed by atoms with Crippen LogP contribution >= 0.6 is 0 Å². The van der Waals surface area contributed by atoms with Crippen LogP contribution in [0.3, 0.4) is 0 Å². The van der Waals surface area contributed by atoms with Crippen molar-refractivity contribution in [1.82, 2.24) is 0 Å². The molecule has 1 aliphatic rings. The van der Waals surface area contributed by atoms with E-state index < -0.39 is 8.32 Å². The molecule has 0 amide bonds. The molecule has 0 aromatic heterocycles. The fourth-order valence-electron chi connectivity index (χ4n) is 2.69. The van der Waals surface area contributed by atoms with Crippen molar-refractivity contribution in [3.8, 4) is 0 Å². The molecule has 2 unspecified atom stereocenters. The van der Waals surface area contributed by atoms with E-state index in [2.05, 4.69) is 33.9 Å². The van der Waals surface area contributed by atoms with Gasteiger partial charge in [-0.2, -0.15) is 0 Å². The van der Waals surface area contributed by atoms with Crippen LogP contribution in [0.1, 0.15) is 47.0 Å². The fourth-order valence-corrected chi connectivity index (χ4v) is 6.71. The number of hydrogen-bond donors (Lipinski definition) is 0. The van der Waals surface area contributed by atoms with Gasteiger partial charge in [0.2, 0.25) is 8.32 Å². The Morgan fingerprint density at radius 1 is 1.56 bits per heavy atom. The quantitative estimate of drug-likeness (QED) is 0.445. The van der Waals surface area contributed by atoms with Crippen molar-refractivity contribution >= 4 is 14.3 Å². The Bertz CT molecular complexity index is 338. The molecule has 0 aromatic rings. The van der Waals surface area contributed by atoms with Gasteiger partial charge in [-0.15, -0.1) is 0 Å². The largest absolute Gasteiger partial charge is 0.460 e. The molecular formula is C14H26O3Si. The van der Waals surface area contributed by atoms with E-state index in [1.165, 1.54) is 0 Å². The summed E-state index contributed by atoms with van der Waals surface area (Å²) in [7, 11) is -1.99. The zero-order chi connectivity index (χ0) is 14.0. The Hall–Kier alpha value is -0.613. The van der Waals surface area contributed by atoms with Gasteiger partial charge in [0.05, 0.1) is 5.60 Å². The average Bonchev–Trinajstić information content (AvgIpc) is 2.23. The summed E-state index contributed by atoms with van der Waals surface area (Å²) in [6, 6.07) is 1.07. The molecule has 3 nitrogen and oxygen atoms in total. The lowest BCUT2D eigenvalue weighted by Crippen LogP contribution is -2.56. The summed E-state index contributed by atoms with van der Waals surface area (Å²) in [5.41, 5.74) is 0.310. The van der Waals surface area contributed by atoms with Gasteiger partial charge in [-0.3, -0.25) is 0 Å². The maximum atomic E-state index is 11.7. The minimum absolute atomic E-state index is 0.0683. The van der Waals surface area contributed by atoms with Crippen molar-refractivity contribution in [3.63, 3.8) is 0 Å².